The number of likely N-dealkylation sites (tertiary alicyclic amines) is 1. The summed E-state index contributed by atoms with van der Waals surface area (Å²) in [4.78, 5) is 34.3. The Labute approximate surface area is 104 Å². The molecule has 0 aromatic carbocycles. The maximum atomic E-state index is 11.6. The van der Waals surface area contributed by atoms with Gasteiger partial charge in [0.25, 0.3) is 0 Å². The summed E-state index contributed by atoms with van der Waals surface area (Å²) in [7, 11) is 0. The van der Waals surface area contributed by atoms with Gasteiger partial charge in [-0.2, -0.15) is 0 Å². The fraction of sp³-hybridized carbons (Fsp3) is 0.700. The van der Waals surface area contributed by atoms with E-state index in [0.717, 1.165) is 0 Å². The molecule has 18 heavy (non-hydrogen) atoms. The smallest absolute Gasteiger partial charge is 0.334 e. The number of hydrogen-bond donors (Lipinski definition) is 4. The van der Waals surface area contributed by atoms with Crippen molar-refractivity contribution in [1.29, 1.82) is 0 Å². The molecule has 0 unspecified atom stereocenters. The lowest BCUT2D eigenvalue weighted by atomic mass is 9.96. The number of piperidine rings is 1. The Morgan fingerprint density at radius 2 is 1.89 bits per heavy atom. The van der Waals surface area contributed by atoms with Crippen molar-refractivity contribution < 1.29 is 24.6 Å². The Bertz CT molecular complexity index is 338. The zero-order valence-electron chi connectivity index (χ0n) is 9.83. The van der Waals surface area contributed by atoms with Crippen LogP contribution in [-0.2, 0) is 9.59 Å². The van der Waals surface area contributed by atoms with E-state index in [2.05, 4.69) is 5.32 Å². The highest BCUT2D eigenvalue weighted by atomic mass is 16.4. The van der Waals surface area contributed by atoms with Crippen LogP contribution in [0.25, 0.3) is 0 Å². The molecule has 8 nitrogen and oxygen atoms in total. The SMILES string of the molecule is NC(=O)C1CCN(C(=O)NC[C@H](O)C(=O)O)CC1. The van der Waals surface area contributed by atoms with E-state index < -0.39 is 18.1 Å². The van der Waals surface area contributed by atoms with Gasteiger partial charge < -0.3 is 26.2 Å². The Morgan fingerprint density at radius 1 is 1.33 bits per heavy atom. The van der Waals surface area contributed by atoms with Crippen LogP contribution in [0.5, 0.6) is 0 Å². The lowest BCUT2D eigenvalue weighted by Crippen LogP contribution is -2.48. The predicted molar refractivity (Wildman–Crippen MR) is 60.5 cm³/mol. The number of rotatable bonds is 4. The highest BCUT2D eigenvalue weighted by Crippen LogP contribution is 2.16. The number of aliphatic carboxylic acids is 1. The van der Waals surface area contributed by atoms with Gasteiger partial charge in [-0.25, -0.2) is 9.59 Å². The van der Waals surface area contributed by atoms with Gasteiger partial charge in [0, 0.05) is 19.0 Å². The molecular formula is C10H17N3O5. The third-order valence-electron chi connectivity index (χ3n) is 2.92. The van der Waals surface area contributed by atoms with Crippen LogP contribution in [-0.4, -0.2) is 58.8 Å². The minimum Gasteiger partial charge on any atom is -0.479 e. The largest absolute Gasteiger partial charge is 0.479 e. The highest BCUT2D eigenvalue weighted by Gasteiger charge is 2.26. The molecule has 0 radical (unpaired) electrons. The van der Waals surface area contributed by atoms with Crippen LogP contribution in [0.4, 0.5) is 4.79 Å². The maximum absolute atomic E-state index is 11.6. The van der Waals surface area contributed by atoms with Crippen LogP contribution in [0, 0.1) is 5.92 Å². The monoisotopic (exact) mass is 259 g/mol. The number of hydrogen-bond acceptors (Lipinski definition) is 4. The number of aliphatic hydroxyl groups is 1. The number of primary amides is 1. The Hall–Kier alpha value is -1.83. The second-order valence-electron chi connectivity index (χ2n) is 4.20. The van der Waals surface area contributed by atoms with Crippen LogP contribution >= 0.6 is 0 Å². The molecule has 1 rings (SSSR count). The number of carbonyl (C=O) groups excluding carboxylic acids is 2. The van der Waals surface area contributed by atoms with Gasteiger partial charge in [0.1, 0.15) is 0 Å². The summed E-state index contributed by atoms with van der Waals surface area (Å²) in [6, 6.07) is -0.446. The van der Waals surface area contributed by atoms with Crippen molar-refractivity contribution in [3.05, 3.63) is 0 Å². The van der Waals surface area contributed by atoms with Gasteiger partial charge in [0.15, 0.2) is 6.10 Å². The summed E-state index contributed by atoms with van der Waals surface area (Å²) in [6.45, 7) is 0.440. The molecule has 8 heteroatoms. The van der Waals surface area contributed by atoms with Crippen LogP contribution in [0.15, 0.2) is 0 Å². The standard InChI is InChI=1S/C10H17N3O5/c11-8(15)6-1-3-13(4-2-6)10(18)12-5-7(14)9(16)17/h6-7,14H,1-5H2,(H2,11,15)(H,12,18)(H,16,17)/t7-/m0/s1. The topological polar surface area (TPSA) is 133 Å². The predicted octanol–water partition coefficient (Wildman–Crippen LogP) is -1.66. The zero-order chi connectivity index (χ0) is 13.7. The Kier molecular flexibility index (Phi) is 4.90. The lowest BCUT2D eigenvalue weighted by Gasteiger charge is -2.30. The molecule has 5 N–H and O–H groups in total. The lowest BCUT2D eigenvalue weighted by molar-refractivity contribution is -0.146. The van der Waals surface area contributed by atoms with Gasteiger partial charge in [-0.05, 0) is 12.8 Å². The number of aliphatic hydroxyl groups excluding tert-OH is 1. The molecule has 0 bridgehead atoms. The first kappa shape index (κ1) is 14.2. The van der Waals surface area contributed by atoms with E-state index in [1.807, 2.05) is 0 Å². The van der Waals surface area contributed by atoms with E-state index in [4.69, 9.17) is 15.9 Å². The summed E-state index contributed by atoms with van der Waals surface area (Å²) in [5, 5.41) is 19.7. The fourth-order valence-corrected chi connectivity index (χ4v) is 1.75. The molecular weight excluding hydrogens is 242 g/mol. The first-order chi connectivity index (χ1) is 8.41. The second kappa shape index (κ2) is 6.20. The number of nitrogens with one attached hydrogen (secondary N) is 1. The van der Waals surface area contributed by atoms with Crippen molar-refractivity contribution in [1.82, 2.24) is 10.2 Å². The molecule has 0 aromatic heterocycles. The van der Waals surface area contributed by atoms with E-state index in [1.165, 1.54) is 4.90 Å². The third-order valence-corrected chi connectivity index (χ3v) is 2.92. The van der Waals surface area contributed by atoms with Gasteiger partial charge in [-0.15, -0.1) is 0 Å². The third kappa shape index (κ3) is 3.88. The van der Waals surface area contributed by atoms with Crippen LogP contribution in [0.3, 0.4) is 0 Å². The minimum atomic E-state index is -1.61. The Morgan fingerprint density at radius 3 is 2.33 bits per heavy atom. The first-order valence-electron chi connectivity index (χ1n) is 5.64. The maximum Gasteiger partial charge on any atom is 0.334 e. The molecule has 0 aromatic rings. The number of nitrogens with zero attached hydrogens (tertiary/aromatic N) is 1. The summed E-state index contributed by atoms with van der Waals surface area (Å²) in [6.07, 6.45) is -0.605. The van der Waals surface area contributed by atoms with Crippen molar-refractivity contribution >= 4 is 17.9 Å². The van der Waals surface area contributed by atoms with Crippen molar-refractivity contribution in [2.24, 2.45) is 11.7 Å². The van der Waals surface area contributed by atoms with Crippen molar-refractivity contribution in [3.63, 3.8) is 0 Å². The molecule has 0 spiro atoms. The summed E-state index contributed by atoms with van der Waals surface area (Å²) in [5.74, 6) is -1.96. The van der Waals surface area contributed by atoms with Gasteiger partial charge in [0.05, 0.1) is 6.54 Å². The van der Waals surface area contributed by atoms with Gasteiger partial charge in [-0.3, -0.25) is 4.79 Å². The molecule has 1 atom stereocenters. The molecule has 3 amide bonds. The number of carbonyl (C=O) groups is 3. The second-order valence-corrected chi connectivity index (χ2v) is 4.20. The minimum absolute atomic E-state index is 0.210. The van der Waals surface area contributed by atoms with Crippen molar-refractivity contribution in [2.75, 3.05) is 19.6 Å². The molecule has 0 aliphatic carbocycles. The van der Waals surface area contributed by atoms with Crippen LogP contribution in [0.1, 0.15) is 12.8 Å². The number of nitrogens with two attached hydrogens (primary N) is 1. The van der Waals surface area contributed by atoms with E-state index in [9.17, 15) is 14.4 Å². The molecule has 1 saturated heterocycles. The van der Waals surface area contributed by atoms with Gasteiger partial charge in [-0.1, -0.05) is 0 Å². The van der Waals surface area contributed by atoms with Crippen molar-refractivity contribution in [3.8, 4) is 0 Å². The zero-order valence-corrected chi connectivity index (χ0v) is 9.83. The molecule has 1 fully saturated rings. The number of amides is 3. The fourth-order valence-electron chi connectivity index (χ4n) is 1.75. The van der Waals surface area contributed by atoms with E-state index in [-0.39, 0.29) is 18.4 Å². The average Bonchev–Trinajstić information content (AvgIpc) is 2.35. The van der Waals surface area contributed by atoms with E-state index in [1.54, 1.807) is 0 Å². The molecule has 0 saturated carbocycles. The summed E-state index contributed by atoms with van der Waals surface area (Å²) in [5.41, 5.74) is 5.16. The highest BCUT2D eigenvalue weighted by molar-refractivity contribution is 5.78. The van der Waals surface area contributed by atoms with Gasteiger partial charge >= 0.3 is 12.0 Å². The van der Waals surface area contributed by atoms with E-state index >= 15 is 0 Å². The molecule has 102 valence electrons. The first-order valence-corrected chi connectivity index (χ1v) is 5.64. The Balaban J connectivity index is 2.32. The number of carboxylic acid groups (broad SMARTS) is 1. The normalized spacial score (nSPS) is 18.2. The summed E-state index contributed by atoms with van der Waals surface area (Å²) >= 11 is 0. The molecule has 1 aliphatic rings. The van der Waals surface area contributed by atoms with E-state index in [0.29, 0.717) is 25.9 Å². The quantitative estimate of drug-likeness (QED) is 0.479. The van der Waals surface area contributed by atoms with Crippen LogP contribution < -0.4 is 11.1 Å². The van der Waals surface area contributed by atoms with Crippen molar-refractivity contribution in [2.45, 2.75) is 18.9 Å². The average molecular weight is 259 g/mol. The van der Waals surface area contributed by atoms with Crippen LogP contribution in [0.2, 0.25) is 0 Å². The van der Waals surface area contributed by atoms with Gasteiger partial charge in [0.2, 0.25) is 5.91 Å². The number of urea groups is 1. The molecule has 1 heterocycles. The summed E-state index contributed by atoms with van der Waals surface area (Å²) < 4.78 is 0. The molecule has 1 aliphatic heterocycles. The number of carboxylic acids is 1.